The summed E-state index contributed by atoms with van der Waals surface area (Å²) in [5.74, 6) is -1.21. The SMILES string of the molecule is O=C(O)CNS(=O)(=O)c1ccc(-c2ccc(N3CCCC3)cc2)s1. The van der Waals surface area contributed by atoms with Crippen molar-refractivity contribution in [1.29, 1.82) is 0 Å². The van der Waals surface area contributed by atoms with E-state index in [1.807, 2.05) is 12.1 Å². The molecule has 2 N–H and O–H groups in total. The molecule has 0 atom stereocenters. The first-order valence-electron chi connectivity index (χ1n) is 7.62. The van der Waals surface area contributed by atoms with E-state index in [1.165, 1.54) is 24.6 Å². The summed E-state index contributed by atoms with van der Waals surface area (Å²) >= 11 is 1.13. The molecule has 0 unspecified atom stereocenters. The minimum atomic E-state index is -3.78. The van der Waals surface area contributed by atoms with Crippen LogP contribution in [0, 0.1) is 0 Å². The first-order chi connectivity index (χ1) is 11.5. The summed E-state index contributed by atoms with van der Waals surface area (Å²) in [4.78, 5) is 13.7. The molecule has 1 fully saturated rings. The number of thiophene rings is 1. The number of hydrogen-bond acceptors (Lipinski definition) is 5. The number of nitrogens with one attached hydrogen (secondary N) is 1. The zero-order valence-electron chi connectivity index (χ0n) is 12.9. The summed E-state index contributed by atoms with van der Waals surface area (Å²) in [7, 11) is -3.78. The second kappa shape index (κ2) is 6.92. The Kier molecular flexibility index (Phi) is 4.88. The van der Waals surface area contributed by atoms with Crippen LogP contribution in [0.25, 0.3) is 10.4 Å². The quantitative estimate of drug-likeness (QED) is 0.820. The number of benzene rings is 1. The van der Waals surface area contributed by atoms with Gasteiger partial charge in [0, 0.05) is 23.7 Å². The molecule has 1 aromatic heterocycles. The molecule has 1 aliphatic heterocycles. The van der Waals surface area contributed by atoms with Gasteiger partial charge in [-0.1, -0.05) is 12.1 Å². The summed E-state index contributed by atoms with van der Waals surface area (Å²) in [6, 6.07) is 11.3. The second-order valence-electron chi connectivity index (χ2n) is 5.58. The third kappa shape index (κ3) is 3.77. The van der Waals surface area contributed by atoms with Gasteiger partial charge in [-0.3, -0.25) is 4.79 Å². The molecule has 0 amide bonds. The Labute approximate surface area is 144 Å². The molecule has 0 saturated carbocycles. The van der Waals surface area contributed by atoms with Crippen LogP contribution in [0.15, 0.2) is 40.6 Å². The van der Waals surface area contributed by atoms with Crippen molar-refractivity contribution >= 4 is 33.0 Å². The van der Waals surface area contributed by atoms with E-state index in [0.717, 1.165) is 34.9 Å². The lowest BCUT2D eigenvalue weighted by Gasteiger charge is -2.17. The van der Waals surface area contributed by atoms with Crippen LogP contribution in [0.2, 0.25) is 0 Å². The van der Waals surface area contributed by atoms with E-state index in [9.17, 15) is 13.2 Å². The van der Waals surface area contributed by atoms with Crippen molar-refractivity contribution in [2.75, 3.05) is 24.5 Å². The molecule has 1 aliphatic rings. The number of anilines is 1. The first kappa shape index (κ1) is 16.9. The summed E-state index contributed by atoms with van der Waals surface area (Å²) in [6.07, 6.45) is 2.44. The molecule has 2 heterocycles. The van der Waals surface area contributed by atoms with Gasteiger partial charge in [0.25, 0.3) is 10.0 Å². The van der Waals surface area contributed by atoms with E-state index in [-0.39, 0.29) is 4.21 Å². The fraction of sp³-hybridized carbons (Fsp3) is 0.312. The van der Waals surface area contributed by atoms with E-state index < -0.39 is 22.5 Å². The summed E-state index contributed by atoms with van der Waals surface area (Å²) < 4.78 is 26.3. The number of rotatable bonds is 6. The number of carbonyl (C=O) groups is 1. The third-order valence-corrected chi connectivity index (χ3v) is 6.91. The van der Waals surface area contributed by atoms with E-state index in [4.69, 9.17) is 5.11 Å². The zero-order chi connectivity index (χ0) is 17.2. The average molecular weight is 366 g/mol. The highest BCUT2D eigenvalue weighted by molar-refractivity contribution is 7.91. The fourth-order valence-corrected chi connectivity index (χ4v) is 4.99. The molecule has 0 bridgehead atoms. The number of sulfonamides is 1. The molecule has 6 nitrogen and oxygen atoms in total. The maximum Gasteiger partial charge on any atom is 0.318 e. The van der Waals surface area contributed by atoms with Gasteiger partial charge in [-0.05, 0) is 42.7 Å². The molecule has 0 aliphatic carbocycles. The van der Waals surface area contributed by atoms with Gasteiger partial charge in [0.1, 0.15) is 10.8 Å². The highest BCUT2D eigenvalue weighted by Crippen LogP contribution is 2.32. The van der Waals surface area contributed by atoms with Crippen molar-refractivity contribution in [3.8, 4) is 10.4 Å². The van der Waals surface area contributed by atoms with E-state index >= 15 is 0 Å². The van der Waals surface area contributed by atoms with Gasteiger partial charge in [-0.25, -0.2) is 8.42 Å². The van der Waals surface area contributed by atoms with Gasteiger partial charge in [0.05, 0.1) is 0 Å². The molecule has 1 aromatic carbocycles. The molecule has 24 heavy (non-hydrogen) atoms. The maximum absolute atomic E-state index is 12.0. The molecule has 8 heteroatoms. The van der Waals surface area contributed by atoms with Crippen LogP contribution < -0.4 is 9.62 Å². The van der Waals surface area contributed by atoms with Crippen molar-refractivity contribution in [2.24, 2.45) is 0 Å². The number of carboxylic acid groups (broad SMARTS) is 1. The van der Waals surface area contributed by atoms with Gasteiger partial charge >= 0.3 is 5.97 Å². The van der Waals surface area contributed by atoms with Crippen LogP contribution >= 0.6 is 11.3 Å². The Hall–Kier alpha value is -1.90. The topological polar surface area (TPSA) is 86.7 Å². The molecule has 1 saturated heterocycles. The predicted molar refractivity (Wildman–Crippen MR) is 94.0 cm³/mol. The first-order valence-corrected chi connectivity index (χ1v) is 9.92. The van der Waals surface area contributed by atoms with Crippen LogP contribution in [0.4, 0.5) is 5.69 Å². The van der Waals surface area contributed by atoms with Crippen molar-refractivity contribution in [3.05, 3.63) is 36.4 Å². The molecular weight excluding hydrogens is 348 g/mol. The maximum atomic E-state index is 12.0. The Morgan fingerprint density at radius 2 is 1.79 bits per heavy atom. The number of aliphatic carboxylic acids is 1. The molecule has 0 spiro atoms. The van der Waals surface area contributed by atoms with Gasteiger partial charge in [0.2, 0.25) is 0 Å². The van der Waals surface area contributed by atoms with E-state index in [1.54, 1.807) is 6.07 Å². The third-order valence-electron chi connectivity index (χ3n) is 3.88. The summed E-state index contributed by atoms with van der Waals surface area (Å²) in [5.41, 5.74) is 2.13. The Morgan fingerprint density at radius 3 is 2.42 bits per heavy atom. The second-order valence-corrected chi connectivity index (χ2v) is 8.66. The van der Waals surface area contributed by atoms with Gasteiger partial charge in [0.15, 0.2) is 0 Å². The van der Waals surface area contributed by atoms with Crippen LogP contribution in [0.5, 0.6) is 0 Å². The van der Waals surface area contributed by atoms with Crippen molar-refractivity contribution in [3.63, 3.8) is 0 Å². The van der Waals surface area contributed by atoms with Crippen LogP contribution in [0.1, 0.15) is 12.8 Å². The van der Waals surface area contributed by atoms with Gasteiger partial charge in [-0.15, -0.1) is 11.3 Å². The average Bonchev–Trinajstić information content (AvgIpc) is 3.25. The standard InChI is InChI=1S/C16H18N2O4S2/c19-15(20)11-17-24(21,22)16-8-7-14(23-16)12-3-5-13(6-4-12)18-9-1-2-10-18/h3-8,17H,1-2,9-11H2,(H,19,20). The number of hydrogen-bond donors (Lipinski definition) is 2. The molecule has 0 radical (unpaired) electrons. The number of nitrogens with zero attached hydrogens (tertiary/aromatic N) is 1. The zero-order valence-corrected chi connectivity index (χ0v) is 14.6. The lowest BCUT2D eigenvalue weighted by Crippen LogP contribution is -2.28. The Bertz CT molecular complexity index is 822. The van der Waals surface area contributed by atoms with Gasteiger partial charge < -0.3 is 10.0 Å². The Balaban J connectivity index is 1.76. The smallest absolute Gasteiger partial charge is 0.318 e. The normalized spacial score (nSPS) is 14.9. The molecule has 3 rings (SSSR count). The van der Waals surface area contributed by atoms with E-state index in [2.05, 4.69) is 21.8 Å². The summed E-state index contributed by atoms with van der Waals surface area (Å²) in [5, 5.41) is 8.60. The molecule has 128 valence electrons. The highest BCUT2D eigenvalue weighted by Gasteiger charge is 2.18. The largest absolute Gasteiger partial charge is 0.480 e. The molecule has 2 aromatic rings. The Morgan fingerprint density at radius 1 is 1.12 bits per heavy atom. The highest BCUT2D eigenvalue weighted by atomic mass is 32.2. The predicted octanol–water partition coefficient (Wildman–Crippen LogP) is 2.38. The lowest BCUT2D eigenvalue weighted by atomic mass is 10.1. The van der Waals surface area contributed by atoms with Gasteiger partial charge in [-0.2, -0.15) is 4.72 Å². The van der Waals surface area contributed by atoms with Crippen molar-refractivity contribution in [1.82, 2.24) is 4.72 Å². The minimum absolute atomic E-state index is 0.113. The van der Waals surface area contributed by atoms with Crippen molar-refractivity contribution < 1.29 is 18.3 Å². The summed E-state index contributed by atoms with van der Waals surface area (Å²) in [6.45, 7) is 1.53. The lowest BCUT2D eigenvalue weighted by molar-refractivity contribution is -0.135. The van der Waals surface area contributed by atoms with Crippen molar-refractivity contribution in [2.45, 2.75) is 17.1 Å². The minimum Gasteiger partial charge on any atom is -0.480 e. The van der Waals surface area contributed by atoms with E-state index in [0.29, 0.717) is 0 Å². The number of carboxylic acids is 1. The van der Waals surface area contributed by atoms with Crippen LogP contribution in [-0.4, -0.2) is 39.1 Å². The fourth-order valence-electron chi connectivity index (χ4n) is 2.66. The monoisotopic (exact) mass is 366 g/mol. The van der Waals surface area contributed by atoms with Crippen LogP contribution in [-0.2, 0) is 14.8 Å². The van der Waals surface area contributed by atoms with Crippen LogP contribution in [0.3, 0.4) is 0 Å². The molecular formula is C16H18N2O4S2.